The third-order valence-electron chi connectivity index (χ3n) is 5.23. The van der Waals surface area contributed by atoms with Gasteiger partial charge in [-0.15, -0.1) is 0 Å². The van der Waals surface area contributed by atoms with E-state index in [1.165, 1.54) is 44.9 Å². The molecule has 0 aromatic carbocycles. The van der Waals surface area contributed by atoms with Crippen LogP contribution in [-0.2, 0) is 0 Å². The SMILES string of the molecule is c1nc(NC2CCC3CC3C2)cc(N2CCCCC2)n1. The van der Waals surface area contributed by atoms with Gasteiger partial charge in [0.2, 0.25) is 0 Å². The molecule has 1 N–H and O–H groups in total. The topological polar surface area (TPSA) is 41.1 Å². The van der Waals surface area contributed by atoms with Crippen LogP contribution in [0.5, 0.6) is 0 Å². The number of piperidine rings is 1. The predicted octanol–water partition coefficient (Wildman–Crippen LogP) is 3.07. The van der Waals surface area contributed by atoms with Gasteiger partial charge < -0.3 is 10.2 Å². The highest BCUT2D eigenvalue weighted by Crippen LogP contribution is 2.49. The van der Waals surface area contributed by atoms with Crippen molar-refractivity contribution in [3.05, 3.63) is 12.4 Å². The van der Waals surface area contributed by atoms with Crippen LogP contribution in [0.2, 0.25) is 0 Å². The summed E-state index contributed by atoms with van der Waals surface area (Å²) in [5.74, 6) is 4.18. The molecule has 4 nitrogen and oxygen atoms in total. The Kier molecular flexibility index (Phi) is 3.25. The summed E-state index contributed by atoms with van der Waals surface area (Å²) >= 11 is 0. The van der Waals surface area contributed by atoms with Gasteiger partial charge in [0.15, 0.2) is 0 Å². The molecule has 2 heterocycles. The van der Waals surface area contributed by atoms with Crippen LogP contribution in [0.15, 0.2) is 12.4 Å². The van der Waals surface area contributed by atoms with E-state index in [1.807, 2.05) is 0 Å². The van der Waals surface area contributed by atoms with Gasteiger partial charge in [0, 0.05) is 25.2 Å². The number of nitrogens with one attached hydrogen (secondary N) is 1. The lowest BCUT2D eigenvalue weighted by Crippen LogP contribution is -2.30. The highest BCUT2D eigenvalue weighted by atomic mass is 15.2. The van der Waals surface area contributed by atoms with Crippen molar-refractivity contribution in [1.82, 2.24) is 9.97 Å². The third kappa shape index (κ3) is 2.60. The minimum absolute atomic E-state index is 0.628. The van der Waals surface area contributed by atoms with Gasteiger partial charge in [-0.05, 0) is 56.8 Å². The van der Waals surface area contributed by atoms with Crippen LogP contribution in [0.25, 0.3) is 0 Å². The van der Waals surface area contributed by atoms with Gasteiger partial charge in [-0.2, -0.15) is 0 Å². The van der Waals surface area contributed by atoms with Crippen molar-refractivity contribution >= 4 is 11.6 Å². The minimum Gasteiger partial charge on any atom is -0.367 e. The number of rotatable bonds is 3. The van der Waals surface area contributed by atoms with Crippen LogP contribution in [-0.4, -0.2) is 29.1 Å². The normalized spacial score (nSPS) is 32.6. The van der Waals surface area contributed by atoms with E-state index in [0.717, 1.165) is 36.6 Å². The molecule has 4 rings (SSSR count). The number of hydrogen-bond acceptors (Lipinski definition) is 4. The molecule has 1 aromatic rings. The highest BCUT2D eigenvalue weighted by Gasteiger charge is 2.41. The molecule has 4 heteroatoms. The Labute approximate surface area is 121 Å². The summed E-state index contributed by atoms with van der Waals surface area (Å²) in [5, 5.41) is 3.64. The molecule has 3 aliphatic rings. The van der Waals surface area contributed by atoms with Crippen LogP contribution < -0.4 is 10.2 Å². The van der Waals surface area contributed by atoms with E-state index < -0.39 is 0 Å². The first-order chi connectivity index (χ1) is 9.88. The van der Waals surface area contributed by atoms with E-state index in [0.29, 0.717) is 6.04 Å². The maximum atomic E-state index is 4.45. The van der Waals surface area contributed by atoms with E-state index in [2.05, 4.69) is 26.3 Å². The Balaban J connectivity index is 1.42. The molecule has 0 bridgehead atoms. The standard InChI is InChI=1S/C16H24N4/c1-2-6-20(7-3-1)16-10-15(17-11-18-16)19-14-5-4-12-8-13(12)9-14/h10-14H,1-9H2,(H,17,18,19). The number of anilines is 2. The second-order valence-corrected chi connectivity index (χ2v) is 6.72. The average molecular weight is 272 g/mol. The van der Waals surface area contributed by atoms with Gasteiger partial charge in [-0.1, -0.05) is 0 Å². The summed E-state index contributed by atoms with van der Waals surface area (Å²) < 4.78 is 0. The second kappa shape index (κ2) is 5.23. The number of nitrogens with zero attached hydrogens (tertiary/aromatic N) is 3. The lowest BCUT2D eigenvalue weighted by atomic mass is 9.95. The zero-order valence-corrected chi connectivity index (χ0v) is 12.1. The van der Waals surface area contributed by atoms with Crippen LogP contribution >= 0.6 is 0 Å². The summed E-state index contributed by atoms with van der Waals surface area (Å²) in [6.07, 6.45) is 11.2. The summed E-state index contributed by atoms with van der Waals surface area (Å²) in [6, 6.07) is 2.77. The smallest absolute Gasteiger partial charge is 0.134 e. The van der Waals surface area contributed by atoms with Gasteiger partial charge >= 0.3 is 0 Å². The molecule has 20 heavy (non-hydrogen) atoms. The van der Waals surface area contributed by atoms with Crippen LogP contribution in [0, 0.1) is 11.8 Å². The maximum absolute atomic E-state index is 4.45. The van der Waals surface area contributed by atoms with Crippen molar-refractivity contribution < 1.29 is 0 Å². The van der Waals surface area contributed by atoms with Crippen molar-refractivity contribution in [1.29, 1.82) is 0 Å². The zero-order chi connectivity index (χ0) is 13.4. The van der Waals surface area contributed by atoms with Crippen LogP contribution in [0.4, 0.5) is 11.6 Å². The second-order valence-electron chi connectivity index (χ2n) is 6.72. The Morgan fingerprint density at radius 2 is 1.90 bits per heavy atom. The van der Waals surface area contributed by atoms with Gasteiger partial charge in [0.05, 0.1) is 0 Å². The van der Waals surface area contributed by atoms with Crippen molar-refractivity contribution in [2.24, 2.45) is 11.8 Å². The maximum Gasteiger partial charge on any atom is 0.134 e. The van der Waals surface area contributed by atoms with E-state index in [1.54, 1.807) is 6.33 Å². The van der Waals surface area contributed by atoms with Crippen LogP contribution in [0.1, 0.15) is 44.9 Å². The summed E-state index contributed by atoms with van der Waals surface area (Å²) in [6.45, 7) is 2.28. The first-order valence-electron chi connectivity index (χ1n) is 8.22. The van der Waals surface area contributed by atoms with Gasteiger partial charge in [0.1, 0.15) is 18.0 Å². The summed E-state index contributed by atoms with van der Waals surface area (Å²) in [5.41, 5.74) is 0. The fourth-order valence-electron chi connectivity index (χ4n) is 3.91. The molecular formula is C16H24N4. The molecule has 1 aromatic heterocycles. The van der Waals surface area contributed by atoms with E-state index in [4.69, 9.17) is 0 Å². The average Bonchev–Trinajstić information content (AvgIpc) is 3.27. The minimum atomic E-state index is 0.628. The summed E-state index contributed by atoms with van der Waals surface area (Å²) in [4.78, 5) is 11.3. The predicted molar refractivity (Wildman–Crippen MR) is 81.0 cm³/mol. The van der Waals surface area contributed by atoms with E-state index in [9.17, 15) is 0 Å². The van der Waals surface area contributed by atoms with Crippen molar-refractivity contribution in [2.75, 3.05) is 23.3 Å². The lowest BCUT2D eigenvalue weighted by molar-refractivity contribution is 0.441. The number of hydrogen-bond donors (Lipinski definition) is 1. The third-order valence-corrected chi connectivity index (χ3v) is 5.23. The molecular weight excluding hydrogens is 248 g/mol. The largest absolute Gasteiger partial charge is 0.367 e. The highest BCUT2D eigenvalue weighted by molar-refractivity contribution is 5.49. The molecule has 3 unspecified atom stereocenters. The monoisotopic (exact) mass is 272 g/mol. The molecule has 1 saturated heterocycles. The molecule has 0 amide bonds. The molecule has 108 valence electrons. The molecule has 0 radical (unpaired) electrons. The fraction of sp³-hybridized carbons (Fsp3) is 0.750. The quantitative estimate of drug-likeness (QED) is 0.918. The van der Waals surface area contributed by atoms with Crippen molar-refractivity contribution in [2.45, 2.75) is 51.0 Å². The van der Waals surface area contributed by atoms with Gasteiger partial charge in [-0.25, -0.2) is 9.97 Å². The Morgan fingerprint density at radius 1 is 1.00 bits per heavy atom. The Bertz CT molecular complexity index is 469. The molecule has 2 saturated carbocycles. The van der Waals surface area contributed by atoms with Crippen LogP contribution in [0.3, 0.4) is 0 Å². The molecule has 0 spiro atoms. The molecule has 2 aliphatic carbocycles. The Hall–Kier alpha value is -1.32. The lowest BCUT2D eigenvalue weighted by Gasteiger charge is -2.28. The molecule has 1 aliphatic heterocycles. The first-order valence-corrected chi connectivity index (χ1v) is 8.22. The fourth-order valence-corrected chi connectivity index (χ4v) is 3.91. The van der Waals surface area contributed by atoms with E-state index in [-0.39, 0.29) is 0 Å². The van der Waals surface area contributed by atoms with Gasteiger partial charge in [0.25, 0.3) is 0 Å². The number of fused-ring (bicyclic) bond motifs is 1. The zero-order valence-electron chi connectivity index (χ0n) is 12.1. The van der Waals surface area contributed by atoms with E-state index >= 15 is 0 Å². The number of aromatic nitrogens is 2. The molecule has 3 fully saturated rings. The first kappa shape index (κ1) is 12.4. The van der Waals surface area contributed by atoms with Crippen molar-refractivity contribution in [3.63, 3.8) is 0 Å². The summed E-state index contributed by atoms with van der Waals surface area (Å²) in [7, 11) is 0. The Morgan fingerprint density at radius 3 is 2.75 bits per heavy atom. The molecule has 3 atom stereocenters. The van der Waals surface area contributed by atoms with Gasteiger partial charge in [-0.3, -0.25) is 0 Å². The van der Waals surface area contributed by atoms with Crippen molar-refractivity contribution in [3.8, 4) is 0 Å².